The molecule has 1 amide bonds. The van der Waals surface area contributed by atoms with E-state index in [9.17, 15) is 4.79 Å². The number of benzene rings is 1. The highest BCUT2D eigenvalue weighted by atomic mass is 16.7. The third-order valence-electron chi connectivity index (χ3n) is 4.33. The lowest BCUT2D eigenvalue weighted by molar-refractivity contribution is -0.130. The minimum absolute atomic E-state index is 0.0301. The summed E-state index contributed by atoms with van der Waals surface area (Å²) >= 11 is 0. The Hall–Kier alpha value is -2.83. The van der Waals surface area contributed by atoms with Crippen molar-refractivity contribution in [3.63, 3.8) is 0 Å². The van der Waals surface area contributed by atoms with Crippen molar-refractivity contribution >= 4 is 12.0 Å². The predicted molar refractivity (Wildman–Crippen MR) is 89.3 cm³/mol. The fourth-order valence-electron chi connectivity index (χ4n) is 2.75. The molecule has 2 aromatic rings. The molecule has 130 valence electrons. The molecule has 4 rings (SSSR count). The van der Waals surface area contributed by atoms with E-state index >= 15 is 0 Å². The number of carbonyl (C=O) groups excluding carboxylic acids is 1. The second kappa shape index (κ2) is 6.23. The van der Waals surface area contributed by atoms with E-state index in [-0.39, 0.29) is 24.5 Å². The second-order valence-corrected chi connectivity index (χ2v) is 6.53. The van der Waals surface area contributed by atoms with Crippen molar-refractivity contribution in [3.05, 3.63) is 41.6 Å². The Balaban J connectivity index is 1.33. The first-order chi connectivity index (χ1) is 12.1. The Morgan fingerprint density at radius 3 is 2.84 bits per heavy atom. The summed E-state index contributed by atoms with van der Waals surface area (Å²) in [4.78, 5) is 18.4. The van der Waals surface area contributed by atoms with Crippen molar-refractivity contribution in [2.24, 2.45) is 0 Å². The van der Waals surface area contributed by atoms with Gasteiger partial charge in [0, 0.05) is 25.1 Å². The van der Waals surface area contributed by atoms with E-state index in [1.807, 2.05) is 32.0 Å². The molecule has 1 aromatic carbocycles. The monoisotopic (exact) mass is 341 g/mol. The molecule has 0 unspecified atom stereocenters. The number of likely N-dealkylation sites (tertiary alicyclic amines) is 1. The third kappa shape index (κ3) is 3.09. The normalized spacial score (nSPS) is 16.7. The lowest BCUT2D eigenvalue weighted by Gasteiger charge is -2.36. The summed E-state index contributed by atoms with van der Waals surface area (Å²) in [6.45, 7) is 5.48. The van der Waals surface area contributed by atoms with Crippen molar-refractivity contribution in [1.29, 1.82) is 0 Å². The zero-order chi connectivity index (χ0) is 17.4. The molecule has 1 saturated heterocycles. The lowest BCUT2D eigenvalue weighted by Crippen LogP contribution is -2.47. The van der Waals surface area contributed by atoms with E-state index in [0.717, 1.165) is 11.3 Å². The number of fused-ring (bicyclic) bond motifs is 1. The molecular formula is C18H19N3O4. The van der Waals surface area contributed by atoms with E-state index in [4.69, 9.17) is 14.0 Å². The van der Waals surface area contributed by atoms with Gasteiger partial charge in [-0.15, -0.1) is 0 Å². The number of carbonyl (C=O) groups is 1. The summed E-state index contributed by atoms with van der Waals surface area (Å²) in [7, 11) is 0. The van der Waals surface area contributed by atoms with Crippen molar-refractivity contribution in [2.45, 2.75) is 25.7 Å². The smallest absolute Gasteiger partial charge is 0.246 e. The van der Waals surface area contributed by atoms with Crippen LogP contribution in [0.5, 0.6) is 11.5 Å². The minimum atomic E-state index is -0.0301. The summed E-state index contributed by atoms with van der Waals surface area (Å²) in [6.07, 6.45) is 3.35. The molecule has 2 aliphatic rings. The zero-order valence-electron chi connectivity index (χ0n) is 14.1. The van der Waals surface area contributed by atoms with Crippen LogP contribution in [0.3, 0.4) is 0 Å². The van der Waals surface area contributed by atoms with Gasteiger partial charge in [-0.3, -0.25) is 4.79 Å². The topological polar surface area (TPSA) is 77.7 Å². The Morgan fingerprint density at radius 2 is 2.08 bits per heavy atom. The number of rotatable bonds is 4. The SMILES string of the molecule is CC(C)c1noc(C2CN(C(=O)/C=C/c3ccc4c(c3)OCO4)C2)n1. The van der Waals surface area contributed by atoms with Crippen molar-refractivity contribution in [3.8, 4) is 11.5 Å². The van der Waals surface area contributed by atoms with Crippen LogP contribution >= 0.6 is 0 Å². The van der Waals surface area contributed by atoms with Crippen LogP contribution < -0.4 is 9.47 Å². The molecule has 1 fully saturated rings. The average Bonchev–Trinajstić information content (AvgIpc) is 3.20. The summed E-state index contributed by atoms with van der Waals surface area (Å²) in [6, 6.07) is 5.59. The summed E-state index contributed by atoms with van der Waals surface area (Å²) < 4.78 is 15.9. The molecule has 1 aromatic heterocycles. The highest BCUT2D eigenvalue weighted by Gasteiger charge is 2.34. The highest BCUT2D eigenvalue weighted by molar-refractivity contribution is 5.92. The standard InChI is InChI=1S/C18H19N3O4/c1-11(2)17-19-18(25-20-17)13-8-21(9-13)16(22)6-4-12-3-5-14-15(7-12)24-10-23-14/h3-7,11,13H,8-10H2,1-2H3/b6-4+. The number of aromatic nitrogens is 2. The third-order valence-corrected chi connectivity index (χ3v) is 4.33. The van der Waals surface area contributed by atoms with Gasteiger partial charge in [-0.1, -0.05) is 25.1 Å². The van der Waals surface area contributed by atoms with E-state index in [2.05, 4.69) is 10.1 Å². The van der Waals surface area contributed by atoms with Gasteiger partial charge in [0.25, 0.3) is 0 Å². The van der Waals surface area contributed by atoms with Gasteiger partial charge in [0.1, 0.15) is 0 Å². The van der Waals surface area contributed by atoms with Gasteiger partial charge < -0.3 is 18.9 Å². The molecule has 2 aliphatic heterocycles. The van der Waals surface area contributed by atoms with E-state index in [1.54, 1.807) is 17.1 Å². The number of ether oxygens (including phenoxy) is 2. The molecule has 25 heavy (non-hydrogen) atoms. The van der Waals surface area contributed by atoms with Gasteiger partial charge in [0.2, 0.25) is 18.6 Å². The fraction of sp³-hybridized carbons (Fsp3) is 0.389. The van der Waals surface area contributed by atoms with Crippen LogP contribution in [-0.4, -0.2) is 40.8 Å². The molecule has 3 heterocycles. The molecule has 0 saturated carbocycles. The van der Waals surface area contributed by atoms with Crippen LogP contribution in [0.15, 0.2) is 28.8 Å². The van der Waals surface area contributed by atoms with Crippen LogP contribution in [-0.2, 0) is 4.79 Å². The molecule has 0 atom stereocenters. The number of amides is 1. The van der Waals surface area contributed by atoms with Gasteiger partial charge >= 0.3 is 0 Å². The maximum absolute atomic E-state index is 12.2. The van der Waals surface area contributed by atoms with Crippen molar-refractivity contribution in [2.75, 3.05) is 19.9 Å². The lowest BCUT2D eigenvalue weighted by atomic mass is 10.00. The van der Waals surface area contributed by atoms with Crippen LogP contribution in [0.1, 0.15) is 43.0 Å². The zero-order valence-corrected chi connectivity index (χ0v) is 14.1. The van der Waals surface area contributed by atoms with Crippen LogP contribution in [0.25, 0.3) is 6.08 Å². The molecule has 0 aliphatic carbocycles. The van der Waals surface area contributed by atoms with Gasteiger partial charge in [-0.2, -0.15) is 4.98 Å². The number of nitrogens with zero attached hydrogens (tertiary/aromatic N) is 3. The fourth-order valence-corrected chi connectivity index (χ4v) is 2.75. The van der Waals surface area contributed by atoms with Crippen LogP contribution in [0, 0.1) is 0 Å². The number of hydrogen-bond acceptors (Lipinski definition) is 6. The summed E-state index contributed by atoms with van der Waals surface area (Å²) in [5, 5.41) is 3.97. The Morgan fingerprint density at radius 1 is 1.28 bits per heavy atom. The molecule has 7 heteroatoms. The molecular weight excluding hydrogens is 322 g/mol. The predicted octanol–water partition coefficient (Wildman–Crippen LogP) is 2.56. The van der Waals surface area contributed by atoms with E-state index in [1.165, 1.54) is 0 Å². The van der Waals surface area contributed by atoms with E-state index < -0.39 is 0 Å². The van der Waals surface area contributed by atoms with Gasteiger partial charge in [-0.25, -0.2) is 0 Å². The van der Waals surface area contributed by atoms with Crippen molar-refractivity contribution in [1.82, 2.24) is 15.0 Å². The average molecular weight is 341 g/mol. The maximum atomic E-state index is 12.2. The first-order valence-corrected chi connectivity index (χ1v) is 8.30. The second-order valence-electron chi connectivity index (χ2n) is 6.53. The van der Waals surface area contributed by atoms with Gasteiger partial charge in [-0.05, 0) is 23.8 Å². The molecule has 0 radical (unpaired) electrons. The van der Waals surface area contributed by atoms with Crippen LogP contribution in [0.2, 0.25) is 0 Å². The minimum Gasteiger partial charge on any atom is -0.454 e. The Labute approximate surface area is 145 Å². The molecule has 0 bridgehead atoms. The Bertz CT molecular complexity index is 821. The highest BCUT2D eigenvalue weighted by Crippen LogP contribution is 2.33. The molecule has 0 spiro atoms. The van der Waals surface area contributed by atoms with E-state index in [0.29, 0.717) is 30.6 Å². The first-order valence-electron chi connectivity index (χ1n) is 8.30. The Kier molecular flexibility index (Phi) is 3.91. The number of hydrogen-bond donors (Lipinski definition) is 0. The summed E-state index contributed by atoms with van der Waals surface area (Å²) in [5.74, 6) is 3.10. The van der Waals surface area contributed by atoms with Crippen LogP contribution in [0.4, 0.5) is 0 Å². The quantitative estimate of drug-likeness (QED) is 0.796. The largest absolute Gasteiger partial charge is 0.454 e. The van der Waals surface area contributed by atoms with Gasteiger partial charge in [0.05, 0.1) is 5.92 Å². The molecule has 0 N–H and O–H groups in total. The molecule has 7 nitrogen and oxygen atoms in total. The van der Waals surface area contributed by atoms with Gasteiger partial charge in [0.15, 0.2) is 17.3 Å². The summed E-state index contributed by atoms with van der Waals surface area (Å²) in [5.41, 5.74) is 0.896. The van der Waals surface area contributed by atoms with Crippen molar-refractivity contribution < 1.29 is 18.8 Å². The maximum Gasteiger partial charge on any atom is 0.246 e. The first kappa shape index (κ1) is 15.7.